The van der Waals surface area contributed by atoms with Crippen molar-refractivity contribution in [1.82, 2.24) is 0 Å². The van der Waals surface area contributed by atoms with Gasteiger partial charge in [-0.15, -0.1) is 0 Å². The van der Waals surface area contributed by atoms with E-state index in [4.69, 9.17) is 22.1 Å². The maximum absolute atomic E-state index is 13.5. The number of nitrogens with two attached hydrogens (primary N) is 1. The highest BCUT2D eigenvalue weighted by molar-refractivity contribution is 6.31. The molecule has 3 nitrogen and oxygen atoms in total. The molecule has 27 heavy (non-hydrogen) atoms. The largest absolute Gasteiger partial charge is 0.489 e. The first-order chi connectivity index (χ1) is 12.5. The van der Waals surface area contributed by atoms with Gasteiger partial charge in [0, 0.05) is 23.2 Å². The van der Waals surface area contributed by atoms with Gasteiger partial charge in [0.1, 0.15) is 12.4 Å². The van der Waals surface area contributed by atoms with E-state index >= 15 is 0 Å². The first-order valence-electron chi connectivity index (χ1n) is 7.72. The molecular weight excluding hydrogens is 398 g/mol. The third-order valence-electron chi connectivity index (χ3n) is 4.08. The summed E-state index contributed by atoms with van der Waals surface area (Å²) in [5.41, 5.74) is 2.51. The lowest BCUT2D eigenvalue weighted by atomic mass is 9.94. The van der Waals surface area contributed by atoms with Crippen LogP contribution in [0.3, 0.4) is 0 Å². The van der Waals surface area contributed by atoms with Gasteiger partial charge in [0.05, 0.1) is 22.9 Å². The number of fused-ring (bicyclic) bond motifs is 1. The van der Waals surface area contributed by atoms with Gasteiger partial charge in [0.15, 0.2) is 0 Å². The molecule has 0 fully saturated rings. The van der Waals surface area contributed by atoms with E-state index < -0.39 is 29.0 Å². The van der Waals surface area contributed by atoms with Gasteiger partial charge in [0.2, 0.25) is 0 Å². The Morgan fingerprint density at radius 1 is 1.04 bits per heavy atom. The average Bonchev–Trinajstić information content (AvgIpc) is 2.58. The maximum atomic E-state index is 13.5. The van der Waals surface area contributed by atoms with Gasteiger partial charge in [-0.05, 0) is 23.8 Å². The van der Waals surface area contributed by atoms with Crippen LogP contribution in [-0.4, -0.2) is 19.2 Å². The zero-order chi connectivity index (χ0) is 20.0. The zero-order valence-electron chi connectivity index (χ0n) is 13.5. The average molecular weight is 411 g/mol. The SMILES string of the molecule is NCC1COc2cc(Cl)cc(-c3ccc(C(F)(F)F)cc3C(F)(F)F)c2N1. The predicted molar refractivity (Wildman–Crippen MR) is 88.9 cm³/mol. The summed E-state index contributed by atoms with van der Waals surface area (Å²) in [6.07, 6.45) is -9.91. The molecule has 0 radical (unpaired) electrons. The number of anilines is 1. The number of nitrogens with one attached hydrogen (secondary N) is 1. The van der Waals surface area contributed by atoms with Gasteiger partial charge in [-0.1, -0.05) is 17.7 Å². The van der Waals surface area contributed by atoms with Gasteiger partial charge in [-0.3, -0.25) is 0 Å². The molecule has 1 aliphatic rings. The molecule has 0 spiro atoms. The van der Waals surface area contributed by atoms with E-state index in [0.717, 1.165) is 6.07 Å². The fraction of sp³-hybridized carbons (Fsp3) is 0.294. The monoisotopic (exact) mass is 410 g/mol. The molecule has 2 aromatic carbocycles. The number of ether oxygens (including phenoxy) is 1. The minimum Gasteiger partial charge on any atom is -0.489 e. The highest BCUT2D eigenvalue weighted by atomic mass is 35.5. The summed E-state index contributed by atoms with van der Waals surface area (Å²) < 4.78 is 84.7. The van der Waals surface area contributed by atoms with Crippen molar-refractivity contribution in [2.24, 2.45) is 5.73 Å². The summed E-state index contributed by atoms with van der Waals surface area (Å²) in [6.45, 7) is 0.336. The van der Waals surface area contributed by atoms with Gasteiger partial charge in [-0.2, -0.15) is 26.3 Å². The van der Waals surface area contributed by atoms with Crippen LogP contribution in [0, 0.1) is 0 Å². The normalized spacial score (nSPS) is 17.1. The fourth-order valence-corrected chi connectivity index (χ4v) is 3.02. The Kier molecular flexibility index (Phi) is 4.94. The van der Waals surface area contributed by atoms with Crippen LogP contribution in [0.4, 0.5) is 32.0 Å². The molecule has 146 valence electrons. The Morgan fingerprint density at radius 2 is 1.74 bits per heavy atom. The van der Waals surface area contributed by atoms with Crippen LogP contribution in [0.1, 0.15) is 11.1 Å². The van der Waals surface area contributed by atoms with Crippen molar-refractivity contribution in [1.29, 1.82) is 0 Å². The van der Waals surface area contributed by atoms with Crippen molar-refractivity contribution in [2.75, 3.05) is 18.5 Å². The third-order valence-corrected chi connectivity index (χ3v) is 4.30. The van der Waals surface area contributed by atoms with Crippen molar-refractivity contribution in [3.05, 3.63) is 46.5 Å². The van der Waals surface area contributed by atoms with Gasteiger partial charge >= 0.3 is 12.4 Å². The highest BCUT2D eigenvalue weighted by Gasteiger charge is 2.39. The molecule has 3 N–H and O–H groups in total. The number of benzene rings is 2. The van der Waals surface area contributed by atoms with Crippen molar-refractivity contribution < 1.29 is 31.1 Å². The molecule has 1 unspecified atom stereocenters. The van der Waals surface area contributed by atoms with Crippen molar-refractivity contribution >= 4 is 17.3 Å². The molecule has 0 bridgehead atoms. The molecule has 0 aliphatic carbocycles. The Hall–Kier alpha value is -2.13. The smallest absolute Gasteiger partial charge is 0.417 e. The lowest BCUT2D eigenvalue weighted by Gasteiger charge is -2.29. The quantitative estimate of drug-likeness (QED) is 0.671. The Morgan fingerprint density at radius 3 is 2.33 bits per heavy atom. The zero-order valence-corrected chi connectivity index (χ0v) is 14.3. The van der Waals surface area contributed by atoms with Crippen LogP contribution in [0.25, 0.3) is 11.1 Å². The van der Waals surface area contributed by atoms with Crippen molar-refractivity contribution in [3.63, 3.8) is 0 Å². The summed E-state index contributed by atoms with van der Waals surface area (Å²) >= 11 is 5.98. The van der Waals surface area contributed by atoms with E-state index in [-0.39, 0.29) is 47.3 Å². The molecule has 0 aromatic heterocycles. The fourth-order valence-electron chi connectivity index (χ4n) is 2.81. The Balaban J connectivity index is 2.24. The molecule has 3 rings (SSSR count). The predicted octanol–water partition coefficient (Wildman–Crippen LogP) is 5.18. The molecule has 1 heterocycles. The lowest BCUT2D eigenvalue weighted by molar-refractivity contribution is -0.142. The van der Waals surface area contributed by atoms with E-state index in [1.54, 1.807) is 0 Å². The van der Waals surface area contributed by atoms with Crippen LogP contribution in [0.15, 0.2) is 30.3 Å². The number of alkyl halides is 6. The minimum atomic E-state index is -5.01. The molecule has 1 aliphatic heterocycles. The summed E-state index contributed by atoms with van der Waals surface area (Å²) in [6, 6.07) is 3.77. The van der Waals surface area contributed by atoms with Crippen LogP contribution < -0.4 is 15.8 Å². The molecular formula is C17H13ClF6N2O. The Labute approximate surface area is 155 Å². The summed E-state index contributed by atoms with van der Waals surface area (Å²) in [7, 11) is 0. The van der Waals surface area contributed by atoms with Crippen LogP contribution in [0.5, 0.6) is 5.75 Å². The number of hydrogen-bond donors (Lipinski definition) is 2. The first kappa shape index (κ1) is 19.6. The highest BCUT2D eigenvalue weighted by Crippen LogP contribution is 2.46. The standard InChI is InChI=1S/C17H13ClF6N2O/c18-9-4-12(15-14(5-9)27-7-10(6-25)26-15)11-2-1-8(16(19,20)21)3-13(11)17(22,23)24/h1-5,10,26H,6-7,25H2. The second kappa shape index (κ2) is 6.79. The van der Waals surface area contributed by atoms with E-state index in [0.29, 0.717) is 6.07 Å². The van der Waals surface area contributed by atoms with Crippen molar-refractivity contribution in [2.45, 2.75) is 18.4 Å². The van der Waals surface area contributed by atoms with E-state index in [9.17, 15) is 26.3 Å². The second-order valence-electron chi connectivity index (χ2n) is 5.97. The van der Waals surface area contributed by atoms with Crippen molar-refractivity contribution in [3.8, 4) is 16.9 Å². The maximum Gasteiger partial charge on any atom is 0.417 e. The summed E-state index contributed by atoms with van der Waals surface area (Å²) in [5, 5.41) is 3.05. The first-order valence-corrected chi connectivity index (χ1v) is 8.10. The molecule has 0 saturated carbocycles. The van der Waals surface area contributed by atoms with Crippen LogP contribution in [-0.2, 0) is 12.4 Å². The minimum absolute atomic E-state index is 0.0169. The third kappa shape index (κ3) is 3.93. The van der Waals surface area contributed by atoms with E-state index in [1.165, 1.54) is 12.1 Å². The van der Waals surface area contributed by atoms with Crippen LogP contribution in [0.2, 0.25) is 5.02 Å². The summed E-state index contributed by atoms with van der Waals surface area (Å²) in [5.74, 6) is 0.204. The number of halogens is 7. The van der Waals surface area contributed by atoms with Crippen LogP contribution >= 0.6 is 11.6 Å². The van der Waals surface area contributed by atoms with Gasteiger partial charge in [-0.25, -0.2) is 0 Å². The van der Waals surface area contributed by atoms with Gasteiger partial charge < -0.3 is 15.8 Å². The molecule has 2 aromatic rings. The summed E-state index contributed by atoms with van der Waals surface area (Å²) in [4.78, 5) is 0. The Bertz CT molecular complexity index is 866. The molecule has 10 heteroatoms. The van der Waals surface area contributed by atoms with Gasteiger partial charge in [0.25, 0.3) is 0 Å². The topological polar surface area (TPSA) is 47.3 Å². The number of hydrogen-bond acceptors (Lipinski definition) is 3. The van der Waals surface area contributed by atoms with E-state index in [1.807, 2.05) is 0 Å². The van der Waals surface area contributed by atoms with E-state index in [2.05, 4.69) is 5.32 Å². The molecule has 1 atom stereocenters. The molecule has 0 saturated heterocycles. The molecule has 0 amide bonds. The lowest BCUT2D eigenvalue weighted by Crippen LogP contribution is -2.37. The second-order valence-corrected chi connectivity index (χ2v) is 6.41. The number of rotatable bonds is 2.